The van der Waals surface area contributed by atoms with Crippen LogP contribution in [-0.4, -0.2) is 0 Å². The molecule has 162 valence electrons. The van der Waals surface area contributed by atoms with Crippen molar-refractivity contribution in [2.45, 2.75) is 12.8 Å². The first-order valence-electron chi connectivity index (χ1n) is 10.5. The van der Waals surface area contributed by atoms with Gasteiger partial charge in [-0.1, -0.05) is 60.7 Å². The Morgan fingerprint density at radius 3 is 1.31 bits per heavy atom. The Labute approximate surface area is 224 Å². The van der Waals surface area contributed by atoms with Crippen molar-refractivity contribution < 1.29 is 57.1 Å². The maximum Gasteiger partial charge on any atom is 0.193 e. The molecule has 3 aromatic carbocycles. The summed E-state index contributed by atoms with van der Waals surface area (Å²) in [6.45, 7) is 0. The number of pyridine rings is 2. The first kappa shape index (κ1) is 24.6. The van der Waals surface area contributed by atoms with Gasteiger partial charge in [-0.3, -0.25) is 0 Å². The van der Waals surface area contributed by atoms with E-state index in [1.807, 2.05) is 0 Å². The van der Waals surface area contributed by atoms with Gasteiger partial charge in [0.1, 0.15) is 14.1 Å². The van der Waals surface area contributed by atoms with Crippen LogP contribution in [-0.2, 0) is 26.9 Å². The molecule has 5 aromatic rings. The molecule has 0 unspecified atom stereocenters. The Balaban J connectivity index is 0.00000144. The fourth-order valence-corrected chi connectivity index (χ4v) is 4.46. The third kappa shape index (κ3) is 4.81. The Morgan fingerprint density at radius 1 is 0.500 bits per heavy atom. The van der Waals surface area contributed by atoms with Crippen molar-refractivity contribution in [3.8, 4) is 0 Å². The highest BCUT2D eigenvalue weighted by atomic mass is 127. The average Bonchev–Trinajstić information content (AvgIpc) is 2.78. The van der Waals surface area contributed by atoms with E-state index in [0.717, 1.165) is 12.8 Å². The Bertz CT molecular complexity index is 1270. The molecule has 0 N–H and O–H groups in total. The quantitative estimate of drug-likeness (QED) is 0.172. The van der Waals surface area contributed by atoms with E-state index >= 15 is 0 Å². The minimum absolute atomic E-state index is 0. The second-order valence-electron chi connectivity index (χ2n) is 8.04. The van der Waals surface area contributed by atoms with Crippen molar-refractivity contribution in [3.05, 3.63) is 120 Å². The highest BCUT2D eigenvalue weighted by molar-refractivity contribution is 5.84. The predicted molar refractivity (Wildman–Crippen MR) is 122 cm³/mol. The summed E-state index contributed by atoms with van der Waals surface area (Å²) in [4.78, 5) is 0. The van der Waals surface area contributed by atoms with Gasteiger partial charge in [-0.25, -0.2) is 9.13 Å². The average molecular weight is 644 g/mol. The van der Waals surface area contributed by atoms with Gasteiger partial charge in [0.2, 0.25) is 0 Å². The highest BCUT2D eigenvalue weighted by Crippen LogP contribution is 2.23. The molecule has 0 aliphatic carbocycles. The summed E-state index contributed by atoms with van der Waals surface area (Å²) in [5.74, 6) is 0. The molecule has 0 radical (unpaired) electrons. The first-order valence-corrected chi connectivity index (χ1v) is 10.5. The molecule has 0 amide bonds. The molecule has 2 heterocycles. The topological polar surface area (TPSA) is 7.76 Å². The molecule has 5 rings (SSSR count). The lowest BCUT2D eigenvalue weighted by molar-refractivity contribution is -0.677. The van der Waals surface area contributed by atoms with E-state index in [4.69, 9.17) is 0 Å². The number of aromatic nitrogens is 2. The molecule has 0 fully saturated rings. The van der Waals surface area contributed by atoms with E-state index in [2.05, 4.69) is 121 Å². The summed E-state index contributed by atoms with van der Waals surface area (Å²) < 4.78 is 4.52. The van der Waals surface area contributed by atoms with Crippen LogP contribution in [0.15, 0.2) is 97.3 Å². The number of benzene rings is 3. The lowest BCUT2D eigenvalue weighted by atomic mass is 9.95. The van der Waals surface area contributed by atoms with Gasteiger partial charge in [-0.2, -0.15) is 0 Å². The van der Waals surface area contributed by atoms with Crippen LogP contribution >= 0.6 is 0 Å². The van der Waals surface area contributed by atoms with E-state index in [1.165, 1.54) is 44.1 Å². The summed E-state index contributed by atoms with van der Waals surface area (Å²) in [6.07, 6.45) is 6.18. The van der Waals surface area contributed by atoms with Crippen LogP contribution in [0.3, 0.4) is 0 Å². The molecular formula is C28H26I2N2. The van der Waals surface area contributed by atoms with E-state index < -0.39 is 0 Å². The molecule has 2 nitrogen and oxygen atoms in total. The first-order chi connectivity index (χ1) is 14.7. The molecule has 0 aliphatic rings. The van der Waals surface area contributed by atoms with Gasteiger partial charge in [-0.05, 0) is 34.0 Å². The second kappa shape index (κ2) is 10.7. The summed E-state index contributed by atoms with van der Waals surface area (Å²) in [5, 5.41) is 5.24. The molecule has 0 saturated heterocycles. The molecule has 0 saturated carbocycles. The number of hydrogen-bond acceptors (Lipinski definition) is 0. The second-order valence-corrected chi connectivity index (χ2v) is 8.04. The van der Waals surface area contributed by atoms with E-state index in [0.29, 0.717) is 0 Å². The summed E-state index contributed by atoms with van der Waals surface area (Å²) >= 11 is 0. The van der Waals surface area contributed by atoms with Gasteiger partial charge in [0, 0.05) is 22.9 Å². The standard InChI is InChI=1S/C28H26N2.2HI/c1-29-17-15-21-9-5-7-13-25(21)27(29)19-23-11-3-4-12-24(23)20-28-26-14-8-6-10-22(26)16-18-30(28)2;;/h3-18H,19-20H2,1-2H3;2*1H/q+2;;/p-2. The molecule has 0 spiro atoms. The lowest BCUT2D eigenvalue weighted by Gasteiger charge is -2.11. The van der Waals surface area contributed by atoms with E-state index in [9.17, 15) is 0 Å². The van der Waals surface area contributed by atoms with Gasteiger partial charge in [-0.15, -0.1) is 0 Å². The fourth-order valence-electron chi connectivity index (χ4n) is 4.46. The van der Waals surface area contributed by atoms with Crippen LogP contribution in [0, 0.1) is 0 Å². The number of hydrogen-bond donors (Lipinski definition) is 0. The molecular weight excluding hydrogens is 618 g/mol. The summed E-state index contributed by atoms with van der Waals surface area (Å²) in [6, 6.07) is 30.6. The van der Waals surface area contributed by atoms with Crippen molar-refractivity contribution in [2.24, 2.45) is 14.1 Å². The zero-order valence-electron chi connectivity index (χ0n) is 18.3. The number of fused-ring (bicyclic) bond motifs is 2. The molecule has 32 heavy (non-hydrogen) atoms. The zero-order chi connectivity index (χ0) is 20.5. The zero-order valence-corrected chi connectivity index (χ0v) is 22.6. The van der Waals surface area contributed by atoms with E-state index in [1.54, 1.807) is 0 Å². The Morgan fingerprint density at radius 2 is 0.875 bits per heavy atom. The van der Waals surface area contributed by atoms with Crippen molar-refractivity contribution >= 4 is 21.5 Å². The molecule has 2 aromatic heterocycles. The maximum absolute atomic E-state index is 2.28. The van der Waals surface area contributed by atoms with Crippen LogP contribution in [0.5, 0.6) is 0 Å². The number of aryl methyl sites for hydroxylation is 2. The van der Waals surface area contributed by atoms with Gasteiger partial charge >= 0.3 is 0 Å². The number of nitrogens with zero attached hydrogens (tertiary/aromatic N) is 2. The van der Waals surface area contributed by atoms with Crippen LogP contribution in [0.4, 0.5) is 0 Å². The fraction of sp³-hybridized carbons (Fsp3) is 0.143. The van der Waals surface area contributed by atoms with E-state index in [-0.39, 0.29) is 48.0 Å². The maximum atomic E-state index is 2.28. The van der Waals surface area contributed by atoms with Gasteiger partial charge < -0.3 is 48.0 Å². The minimum atomic E-state index is 0. The third-order valence-electron chi connectivity index (χ3n) is 6.18. The largest absolute Gasteiger partial charge is 1.00 e. The van der Waals surface area contributed by atoms with Crippen molar-refractivity contribution in [2.75, 3.05) is 0 Å². The van der Waals surface area contributed by atoms with Gasteiger partial charge in [0.15, 0.2) is 23.8 Å². The SMILES string of the molecule is C[n+]1ccc2ccccc2c1Cc1ccccc1Cc1c2ccccc2cc[n+]1C.[I-].[I-]. The number of rotatable bonds is 4. The van der Waals surface area contributed by atoms with Gasteiger partial charge in [0.25, 0.3) is 0 Å². The summed E-state index contributed by atoms with van der Waals surface area (Å²) in [5.41, 5.74) is 5.47. The van der Waals surface area contributed by atoms with Crippen molar-refractivity contribution in [1.82, 2.24) is 0 Å². The van der Waals surface area contributed by atoms with Crippen molar-refractivity contribution in [1.29, 1.82) is 0 Å². The van der Waals surface area contributed by atoms with Crippen LogP contribution < -0.4 is 57.1 Å². The smallest absolute Gasteiger partial charge is 0.193 e. The minimum Gasteiger partial charge on any atom is -1.00 e. The van der Waals surface area contributed by atoms with Crippen LogP contribution in [0.1, 0.15) is 22.5 Å². The number of halogens is 2. The molecule has 0 aliphatic heterocycles. The summed E-state index contributed by atoms with van der Waals surface area (Å²) in [7, 11) is 4.30. The molecule has 0 atom stereocenters. The Hall–Kier alpha value is -2.06. The normalized spacial score (nSPS) is 10.6. The van der Waals surface area contributed by atoms with Crippen LogP contribution in [0.25, 0.3) is 21.5 Å². The van der Waals surface area contributed by atoms with Crippen molar-refractivity contribution in [3.63, 3.8) is 0 Å². The molecule has 0 bridgehead atoms. The highest BCUT2D eigenvalue weighted by Gasteiger charge is 2.18. The monoisotopic (exact) mass is 644 g/mol. The molecule has 4 heteroatoms. The predicted octanol–water partition coefficient (Wildman–Crippen LogP) is -1.17. The lowest BCUT2D eigenvalue weighted by Crippen LogP contribution is -3.00. The Kier molecular flexibility index (Phi) is 8.22. The van der Waals surface area contributed by atoms with Crippen LogP contribution in [0.2, 0.25) is 0 Å². The van der Waals surface area contributed by atoms with Gasteiger partial charge in [0.05, 0.1) is 12.8 Å². The third-order valence-corrected chi connectivity index (χ3v) is 6.18.